The second kappa shape index (κ2) is 11.6. The zero-order chi connectivity index (χ0) is 24.5. The third kappa shape index (κ3) is 6.62. The number of nitro benzene ring substituents is 1. The minimum atomic E-state index is -0.610. The number of nitro groups is 1. The first-order valence-electron chi connectivity index (χ1n) is 9.71. The second-order valence-corrected chi connectivity index (χ2v) is 7.53. The molecule has 3 aromatic carbocycles. The highest BCUT2D eigenvalue weighted by molar-refractivity contribution is 9.10. The number of amides is 1. The van der Waals surface area contributed by atoms with E-state index in [2.05, 4.69) is 26.5 Å². The number of nitrogens with one attached hydrogen (secondary N) is 1. The Morgan fingerprint density at radius 3 is 2.50 bits per heavy atom. The van der Waals surface area contributed by atoms with Gasteiger partial charge in [0.15, 0.2) is 23.9 Å². The van der Waals surface area contributed by atoms with Gasteiger partial charge in [-0.3, -0.25) is 14.9 Å². The maximum absolute atomic E-state index is 12.3. The number of hydrogen-bond donors (Lipinski definition) is 1. The minimum absolute atomic E-state index is 0.0235. The molecule has 1 amide bonds. The number of rotatable bonds is 9. The van der Waals surface area contributed by atoms with Crippen LogP contribution in [0, 0.1) is 10.1 Å². The molecule has 0 aliphatic carbocycles. The Kier molecular flexibility index (Phi) is 8.30. The lowest BCUT2D eigenvalue weighted by Gasteiger charge is -2.10. The highest BCUT2D eigenvalue weighted by Gasteiger charge is 2.15. The molecule has 0 fully saturated rings. The van der Waals surface area contributed by atoms with Crippen LogP contribution >= 0.6 is 15.9 Å². The van der Waals surface area contributed by atoms with E-state index in [1.165, 1.54) is 37.6 Å². The van der Waals surface area contributed by atoms with Crippen molar-refractivity contribution in [2.45, 2.75) is 0 Å². The van der Waals surface area contributed by atoms with E-state index in [1.54, 1.807) is 42.5 Å². The van der Waals surface area contributed by atoms with Crippen LogP contribution in [0.15, 0.2) is 76.3 Å². The number of ether oxygens (including phenoxy) is 3. The summed E-state index contributed by atoms with van der Waals surface area (Å²) >= 11 is 3.31. The Hall–Kier alpha value is -4.25. The fraction of sp³-hybridized carbons (Fsp3) is 0.0870. The smallest absolute Gasteiger partial charge is 0.343 e. The molecule has 10 nitrogen and oxygen atoms in total. The molecule has 3 aromatic rings. The zero-order valence-corrected chi connectivity index (χ0v) is 19.4. The molecular formula is C23H18BrN3O7. The molecule has 0 saturated heterocycles. The molecule has 0 bridgehead atoms. The Labute approximate surface area is 202 Å². The van der Waals surface area contributed by atoms with E-state index in [4.69, 9.17) is 14.2 Å². The number of halogens is 1. The molecule has 0 saturated carbocycles. The van der Waals surface area contributed by atoms with Crippen LogP contribution in [0.1, 0.15) is 15.9 Å². The van der Waals surface area contributed by atoms with Gasteiger partial charge in [0.05, 0.1) is 23.8 Å². The summed E-state index contributed by atoms with van der Waals surface area (Å²) in [6, 6.07) is 17.2. The zero-order valence-electron chi connectivity index (χ0n) is 17.8. The molecule has 11 heteroatoms. The van der Waals surface area contributed by atoms with Gasteiger partial charge in [-0.15, -0.1) is 0 Å². The third-order valence-electron chi connectivity index (χ3n) is 4.29. The van der Waals surface area contributed by atoms with Gasteiger partial charge in [0.25, 0.3) is 5.91 Å². The van der Waals surface area contributed by atoms with E-state index in [-0.39, 0.29) is 17.2 Å². The fourth-order valence-electron chi connectivity index (χ4n) is 2.68. The number of para-hydroxylation sites is 2. The number of carbonyl (C=O) groups is 2. The molecule has 0 atom stereocenters. The molecule has 0 aliphatic rings. The summed E-state index contributed by atoms with van der Waals surface area (Å²) in [4.78, 5) is 34.6. The van der Waals surface area contributed by atoms with Crippen LogP contribution in [0.4, 0.5) is 5.69 Å². The maximum atomic E-state index is 12.3. The molecule has 174 valence electrons. The van der Waals surface area contributed by atoms with Crippen molar-refractivity contribution in [3.8, 4) is 17.2 Å². The molecule has 3 rings (SSSR count). The van der Waals surface area contributed by atoms with E-state index < -0.39 is 23.4 Å². The quantitative estimate of drug-likeness (QED) is 0.145. The van der Waals surface area contributed by atoms with Crippen LogP contribution in [0.25, 0.3) is 0 Å². The molecule has 0 heterocycles. The first kappa shape index (κ1) is 24.4. The number of hydrazone groups is 1. The van der Waals surface area contributed by atoms with E-state index in [0.29, 0.717) is 16.9 Å². The van der Waals surface area contributed by atoms with E-state index in [1.807, 2.05) is 0 Å². The van der Waals surface area contributed by atoms with Gasteiger partial charge in [-0.05, 0) is 54.1 Å². The standard InChI is InChI=1S/C23H18BrN3O7/c1-32-21-12-15(6-11-20(21)34-23(29)16-7-9-17(24)10-8-16)13-25-26-22(28)14-33-19-5-3-2-4-18(19)27(30)31/h2-13H,14H2,1H3,(H,26,28)/b25-13+. The molecule has 1 N–H and O–H groups in total. The Balaban J connectivity index is 1.57. The topological polar surface area (TPSA) is 129 Å². The Morgan fingerprint density at radius 1 is 1.06 bits per heavy atom. The van der Waals surface area contributed by atoms with Crippen LogP contribution in [-0.2, 0) is 4.79 Å². The van der Waals surface area contributed by atoms with Gasteiger partial charge in [0.1, 0.15) is 0 Å². The second-order valence-electron chi connectivity index (χ2n) is 6.61. The number of methoxy groups -OCH3 is 1. The van der Waals surface area contributed by atoms with Gasteiger partial charge in [0.2, 0.25) is 0 Å². The molecule has 0 aliphatic heterocycles. The van der Waals surface area contributed by atoms with Crippen LogP contribution in [0.2, 0.25) is 0 Å². The van der Waals surface area contributed by atoms with E-state index in [9.17, 15) is 19.7 Å². The van der Waals surface area contributed by atoms with Crippen LogP contribution < -0.4 is 19.6 Å². The van der Waals surface area contributed by atoms with Gasteiger partial charge in [-0.1, -0.05) is 28.1 Å². The van der Waals surface area contributed by atoms with Gasteiger partial charge < -0.3 is 14.2 Å². The highest BCUT2D eigenvalue weighted by atomic mass is 79.9. The Morgan fingerprint density at radius 2 is 1.79 bits per heavy atom. The number of carbonyl (C=O) groups excluding carboxylic acids is 2. The highest BCUT2D eigenvalue weighted by Crippen LogP contribution is 2.29. The average Bonchev–Trinajstić information content (AvgIpc) is 2.84. The van der Waals surface area contributed by atoms with Crippen molar-refractivity contribution in [1.29, 1.82) is 0 Å². The normalized spacial score (nSPS) is 10.5. The van der Waals surface area contributed by atoms with Crippen molar-refractivity contribution in [3.05, 3.63) is 92.4 Å². The van der Waals surface area contributed by atoms with E-state index in [0.717, 1.165) is 4.47 Å². The number of esters is 1. The summed E-state index contributed by atoms with van der Waals surface area (Å²) in [5.41, 5.74) is 2.95. The van der Waals surface area contributed by atoms with Crippen molar-refractivity contribution >= 4 is 39.7 Å². The lowest BCUT2D eigenvalue weighted by Crippen LogP contribution is -2.24. The summed E-state index contributed by atoms with van der Waals surface area (Å²) < 4.78 is 16.7. The fourth-order valence-corrected chi connectivity index (χ4v) is 2.94. The Bertz CT molecular complexity index is 1230. The number of nitrogens with zero attached hydrogens (tertiary/aromatic N) is 2. The van der Waals surface area contributed by atoms with Gasteiger partial charge >= 0.3 is 11.7 Å². The molecule has 0 spiro atoms. The average molecular weight is 528 g/mol. The maximum Gasteiger partial charge on any atom is 0.343 e. The molecule has 0 unspecified atom stereocenters. The van der Waals surface area contributed by atoms with Gasteiger partial charge in [-0.25, -0.2) is 10.2 Å². The number of hydrogen-bond acceptors (Lipinski definition) is 8. The predicted octanol–water partition coefficient (Wildman–Crippen LogP) is 4.11. The molecule has 0 aromatic heterocycles. The van der Waals surface area contributed by atoms with Crippen molar-refractivity contribution < 1.29 is 28.7 Å². The first-order valence-corrected chi connectivity index (χ1v) is 10.5. The van der Waals surface area contributed by atoms with Crippen molar-refractivity contribution in [2.75, 3.05) is 13.7 Å². The molecule has 0 radical (unpaired) electrons. The van der Waals surface area contributed by atoms with Gasteiger partial charge in [-0.2, -0.15) is 5.10 Å². The predicted molar refractivity (Wildman–Crippen MR) is 126 cm³/mol. The van der Waals surface area contributed by atoms with Gasteiger partial charge in [0, 0.05) is 10.5 Å². The largest absolute Gasteiger partial charge is 0.493 e. The molecule has 34 heavy (non-hydrogen) atoms. The van der Waals surface area contributed by atoms with Crippen LogP contribution in [0.5, 0.6) is 17.2 Å². The summed E-state index contributed by atoms with van der Waals surface area (Å²) in [5, 5.41) is 14.8. The van der Waals surface area contributed by atoms with Crippen molar-refractivity contribution in [3.63, 3.8) is 0 Å². The third-order valence-corrected chi connectivity index (χ3v) is 4.82. The minimum Gasteiger partial charge on any atom is -0.493 e. The van der Waals surface area contributed by atoms with Crippen LogP contribution in [-0.4, -0.2) is 36.7 Å². The van der Waals surface area contributed by atoms with Crippen LogP contribution in [0.3, 0.4) is 0 Å². The molecular weight excluding hydrogens is 510 g/mol. The lowest BCUT2D eigenvalue weighted by molar-refractivity contribution is -0.385. The lowest BCUT2D eigenvalue weighted by atomic mass is 10.2. The summed E-state index contributed by atoms with van der Waals surface area (Å²) in [6.07, 6.45) is 1.35. The summed E-state index contributed by atoms with van der Waals surface area (Å²) in [5.74, 6) is -0.667. The first-order chi connectivity index (χ1) is 16.4. The summed E-state index contributed by atoms with van der Waals surface area (Å²) in [6.45, 7) is -0.462. The monoisotopic (exact) mass is 527 g/mol. The van der Waals surface area contributed by atoms with E-state index >= 15 is 0 Å². The summed E-state index contributed by atoms with van der Waals surface area (Å²) in [7, 11) is 1.43. The van der Waals surface area contributed by atoms with Crippen molar-refractivity contribution in [2.24, 2.45) is 5.10 Å². The number of benzene rings is 3. The van der Waals surface area contributed by atoms with Crippen molar-refractivity contribution in [1.82, 2.24) is 5.43 Å². The SMILES string of the molecule is COc1cc(/C=N/NC(=O)COc2ccccc2[N+](=O)[O-])ccc1OC(=O)c1ccc(Br)cc1.